The minimum atomic E-state index is -0.229. The van der Waals surface area contributed by atoms with Gasteiger partial charge in [0.25, 0.3) is 0 Å². The van der Waals surface area contributed by atoms with Crippen molar-refractivity contribution >= 4 is 5.97 Å². The minimum absolute atomic E-state index is 0.212. The molecule has 1 heterocycles. The Kier molecular flexibility index (Phi) is 4.35. The zero-order chi connectivity index (χ0) is 10.6. The van der Waals surface area contributed by atoms with Crippen LogP contribution in [-0.4, -0.2) is 38.4 Å². The maximum absolute atomic E-state index is 11.1. The van der Waals surface area contributed by atoms with E-state index in [-0.39, 0.29) is 12.0 Å². The topological polar surface area (TPSA) is 47.6 Å². The van der Waals surface area contributed by atoms with Crippen LogP contribution in [0.5, 0.6) is 0 Å². The van der Waals surface area contributed by atoms with E-state index in [1.165, 1.54) is 7.11 Å². The van der Waals surface area contributed by atoms with Gasteiger partial charge >= 0.3 is 5.97 Å². The van der Waals surface area contributed by atoms with Crippen LogP contribution in [0.4, 0.5) is 0 Å². The average Bonchev–Trinajstić information content (AvgIpc) is 2.59. The summed E-state index contributed by atoms with van der Waals surface area (Å²) in [6, 6.07) is -0.229. The van der Waals surface area contributed by atoms with E-state index in [9.17, 15) is 4.79 Å². The van der Waals surface area contributed by atoms with Crippen LogP contribution < -0.4 is 5.32 Å². The summed E-state index contributed by atoms with van der Waals surface area (Å²) in [6.07, 6.45) is 1.37. The van der Waals surface area contributed by atoms with Gasteiger partial charge < -0.3 is 14.8 Å². The van der Waals surface area contributed by atoms with E-state index in [0.29, 0.717) is 12.0 Å². The number of nitrogens with one attached hydrogen (secondary N) is 1. The van der Waals surface area contributed by atoms with Crippen molar-refractivity contribution < 1.29 is 14.3 Å². The summed E-state index contributed by atoms with van der Waals surface area (Å²) in [5.41, 5.74) is 0. The van der Waals surface area contributed by atoms with Crippen LogP contribution in [0.3, 0.4) is 0 Å². The molecule has 0 aliphatic carbocycles. The van der Waals surface area contributed by atoms with Crippen molar-refractivity contribution in [1.82, 2.24) is 5.32 Å². The fourth-order valence-corrected chi connectivity index (χ4v) is 1.63. The summed E-state index contributed by atoms with van der Waals surface area (Å²) in [4.78, 5) is 11.1. The van der Waals surface area contributed by atoms with Crippen molar-refractivity contribution in [2.24, 2.45) is 5.92 Å². The van der Waals surface area contributed by atoms with Crippen molar-refractivity contribution in [2.75, 3.05) is 20.3 Å². The number of esters is 1. The van der Waals surface area contributed by atoms with E-state index in [1.54, 1.807) is 0 Å². The molecule has 0 radical (unpaired) electrons. The number of methoxy groups -OCH3 is 1. The lowest BCUT2D eigenvalue weighted by Crippen LogP contribution is -2.39. The highest BCUT2D eigenvalue weighted by Crippen LogP contribution is 2.19. The van der Waals surface area contributed by atoms with Gasteiger partial charge in [-0.15, -0.1) is 0 Å². The Bertz CT molecular complexity index is 196. The van der Waals surface area contributed by atoms with Crippen LogP contribution in [0.25, 0.3) is 0 Å². The van der Waals surface area contributed by atoms with Crippen LogP contribution >= 0.6 is 0 Å². The quantitative estimate of drug-likeness (QED) is 0.675. The molecule has 3 atom stereocenters. The first kappa shape index (κ1) is 11.5. The first-order valence-electron chi connectivity index (χ1n) is 5.08. The summed E-state index contributed by atoms with van der Waals surface area (Å²) in [5, 5.41) is 3.15. The molecule has 1 rings (SSSR count). The lowest BCUT2D eigenvalue weighted by atomic mass is 10.0. The van der Waals surface area contributed by atoms with Gasteiger partial charge in [-0.2, -0.15) is 0 Å². The molecule has 1 aliphatic rings. The molecule has 1 aliphatic heterocycles. The van der Waals surface area contributed by atoms with Crippen LogP contribution in [0.15, 0.2) is 0 Å². The fourth-order valence-electron chi connectivity index (χ4n) is 1.63. The van der Waals surface area contributed by atoms with E-state index in [0.717, 1.165) is 19.6 Å². The summed E-state index contributed by atoms with van der Waals surface area (Å²) >= 11 is 0. The molecular formula is C10H19NO3. The monoisotopic (exact) mass is 201 g/mol. The molecule has 0 aromatic carbocycles. The van der Waals surface area contributed by atoms with Gasteiger partial charge in [0.05, 0.1) is 13.2 Å². The fraction of sp³-hybridized carbons (Fsp3) is 0.900. The van der Waals surface area contributed by atoms with Crippen molar-refractivity contribution in [3.63, 3.8) is 0 Å². The molecule has 3 unspecified atom stereocenters. The van der Waals surface area contributed by atoms with Crippen LogP contribution in [0.2, 0.25) is 0 Å². The molecule has 0 bridgehead atoms. The molecule has 0 spiro atoms. The zero-order valence-corrected chi connectivity index (χ0v) is 9.08. The van der Waals surface area contributed by atoms with E-state index in [1.807, 2.05) is 6.92 Å². The van der Waals surface area contributed by atoms with E-state index in [2.05, 4.69) is 17.0 Å². The summed E-state index contributed by atoms with van der Waals surface area (Å²) in [6.45, 7) is 5.53. The third-order valence-corrected chi connectivity index (χ3v) is 2.77. The van der Waals surface area contributed by atoms with Crippen LogP contribution in [0.1, 0.15) is 20.3 Å². The Balaban J connectivity index is 2.22. The Morgan fingerprint density at radius 1 is 1.71 bits per heavy atom. The van der Waals surface area contributed by atoms with E-state index < -0.39 is 0 Å². The Morgan fingerprint density at radius 2 is 2.43 bits per heavy atom. The van der Waals surface area contributed by atoms with Gasteiger partial charge in [0, 0.05) is 13.2 Å². The lowest BCUT2D eigenvalue weighted by Gasteiger charge is -2.17. The molecule has 4 heteroatoms. The SMILES string of the molecule is COC(=O)C(C)NCC1CCOC1C. The second-order valence-corrected chi connectivity index (χ2v) is 3.78. The van der Waals surface area contributed by atoms with Gasteiger partial charge in [0.1, 0.15) is 6.04 Å². The number of ether oxygens (including phenoxy) is 2. The van der Waals surface area contributed by atoms with Crippen molar-refractivity contribution in [2.45, 2.75) is 32.4 Å². The Morgan fingerprint density at radius 3 is 2.93 bits per heavy atom. The average molecular weight is 201 g/mol. The molecular weight excluding hydrogens is 182 g/mol. The Hall–Kier alpha value is -0.610. The first-order valence-corrected chi connectivity index (χ1v) is 5.08. The maximum atomic E-state index is 11.1. The molecule has 1 N–H and O–H groups in total. The molecule has 4 nitrogen and oxygen atoms in total. The number of rotatable bonds is 4. The normalized spacial score (nSPS) is 28.8. The molecule has 14 heavy (non-hydrogen) atoms. The number of hydrogen-bond donors (Lipinski definition) is 1. The van der Waals surface area contributed by atoms with Gasteiger partial charge in [-0.05, 0) is 26.2 Å². The second-order valence-electron chi connectivity index (χ2n) is 3.78. The standard InChI is InChI=1S/C10H19NO3/c1-7(10(12)13-3)11-6-9-4-5-14-8(9)2/h7-9,11H,4-6H2,1-3H3. The highest BCUT2D eigenvalue weighted by Gasteiger charge is 2.25. The smallest absolute Gasteiger partial charge is 0.322 e. The number of carbonyl (C=O) groups is 1. The number of carbonyl (C=O) groups excluding carboxylic acids is 1. The van der Waals surface area contributed by atoms with Crippen molar-refractivity contribution in [1.29, 1.82) is 0 Å². The Labute approximate surface area is 85.0 Å². The highest BCUT2D eigenvalue weighted by atomic mass is 16.5. The minimum Gasteiger partial charge on any atom is -0.468 e. The summed E-state index contributed by atoms with van der Waals surface area (Å²) in [7, 11) is 1.40. The zero-order valence-electron chi connectivity index (χ0n) is 9.08. The largest absolute Gasteiger partial charge is 0.468 e. The third kappa shape index (κ3) is 2.96. The van der Waals surface area contributed by atoms with Crippen molar-refractivity contribution in [3.8, 4) is 0 Å². The van der Waals surface area contributed by atoms with E-state index >= 15 is 0 Å². The highest BCUT2D eigenvalue weighted by molar-refractivity contribution is 5.75. The van der Waals surface area contributed by atoms with Gasteiger partial charge in [0.15, 0.2) is 0 Å². The van der Waals surface area contributed by atoms with Gasteiger partial charge in [-0.3, -0.25) is 4.79 Å². The predicted molar refractivity (Wildman–Crippen MR) is 53.0 cm³/mol. The van der Waals surface area contributed by atoms with Gasteiger partial charge in [-0.1, -0.05) is 0 Å². The van der Waals surface area contributed by atoms with Crippen LogP contribution in [0, 0.1) is 5.92 Å². The van der Waals surface area contributed by atoms with E-state index in [4.69, 9.17) is 4.74 Å². The third-order valence-electron chi connectivity index (χ3n) is 2.77. The van der Waals surface area contributed by atoms with Gasteiger partial charge in [0.2, 0.25) is 0 Å². The predicted octanol–water partition coefficient (Wildman–Crippen LogP) is 0.562. The molecule has 0 aromatic heterocycles. The lowest BCUT2D eigenvalue weighted by molar-refractivity contribution is -0.142. The number of hydrogen-bond acceptors (Lipinski definition) is 4. The molecule has 0 aromatic rings. The molecule has 0 amide bonds. The summed E-state index contributed by atoms with van der Waals surface area (Å²) in [5.74, 6) is 0.304. The maximum Gasteiger partial charge on any atom is 0.322 e. The molecule has 0 saturated carbocycles. The molecule has 82 valence electrons. The van der Waals surface area contributed by atoms with Gasteiger partial charge in [-0.25, -0.2) is 0 Å². The van der Waals surface area contributed by atoms with Crippen LogP contribution in [-0.2, 0) is 14.3 Å². The summed E-state index contributed by atoms with van der Waals surface area (Å²) < 4.78 is 10.0. The van der Waals surface area contributed by atoms with Crippen molar-refractivity contribution in [3.05, 3.63) is 0 Å². The first-order chi connectivity index (χ1) is 6.65. The molecule has 1 saturated heterocycles. The second kappa shape index (κ2) is 5.32. The molecule has 1 fully saturated rings.